The zero-order chi connectivity index (χ0) is 22.8. The molecule has 3 rings (SSSR count). The molecule has 0 saturated heterocycles. The van der Waals surface area contributed by atoms with Crippen molar-refractivity contribution in [3.05, 3.63) is 88.4 Å². The van der Waals surface area contributed by atoms with Crippen molar-refractivity contribution in [2.45, 2.75) is 6.04 Å². The summed E-state index contributed by atoms with van der Waals surface area (Å²) < 4.78 is 23.5. The monoisotopic (exact) mass is 456 g/mol. The van der Waals surface area contributed by atoms with Gasteiger partial charge in [0.2, 0.25) is 0 Å². The molecule has 166 valence electrons. The number of amides is 2. The van der Waals surface area contributed by atoms with E-state index in [1.165, 1.54) is 23.5 Å². The van der Waals surface area contributed by atoms with Crippen molar-refractivity contribution in [1.82, 2.24) is 10.6 Å². The molecule has 0 aliphatic heterocycles. The van der Waals surface area contributed by atoms with Crippen molar-refractivity contribution >= 4 is 29.1 Å². The molecule has 0 aliphatic carbocycles. The van der Waals surface area contributed by atoms with Crippen LogP contribution < -0.4 is 15.4 Å². The number of hydrogen-bond donors (Lipinski definition) is 2. The average molecular weight is 456 g/mol. The standard InChI is InChI=1S/C23H21FN2O5S/c24-17-10-8-16(9-11-17)23(19-7-4-12-32-19)26-21(28)15-31-22(29)13-25-20(27)14-30-18-5-2-1-3-6-18/h1-12,23H,13-15H2,(H,25,27)(H,26,28). The first kappa shape index (κ1) is 23.0. The van der Waals surface area contributed by atoms with Gasteiger partial charge in [0, 0.05) is 4.88 Å². The van der Waals surface area contributed by atoms with Gasteiger partial charge in [0.25, 0.3) is 11.8 Å². The van der Waals surface area contributed by atoms with Gasteiger partial charge >= 0.3 is 5.97 Å². The van der Waals surface area contributed by atoms with Crippen LogP contribution in [0.1, 0.15) is 16.5 Å². The lowest BCUT2D eigenvalue weighted by Gasteiger charge is -2.18. The summed E-state index contributed by atoms with van der Waals surface area (Å²) in [4.78, 5) is 36.8. The van der Waals surface area contributed by atoms with Crippen LogP contribution >= 0.6 is 11.3 Å². The highest BCUT2D eigenvalue weighted by Gasteiger charge is 2.19. The molecule has 7 nitrogen and oxygen atoms in total. The summed E-state index contributed by atoms with van der Waals surface area (Å²) >= 11 is 1.44. The maximum atomic E-state index is 13.2. The van der Waals surface area contributed by atoms with Gasteiger partial charge in [0.05, 0.1) is 6.04 Å². The Morgan fingerprint density at radius 2 is 1.66 bits per heavy atom. The number of carbonyl (C=O) groups excluding carboxylic acids is 3. The van der Waals surface area contributed by atoms with Gasteiger partial charge in [-0.3, -0.25) is 14.4 Å². The Labute approximate surface area is 188 Å². The van der Waals surface area contributed by atoms with Gasteiger partial charge in [0.1, 0.15) is 18.1 Å². The minimum atomic E-state index is -0.761. The first-order valence-corrected chi connectivity index (χ1v) is 10.6. The summed E-state index contributed by atoms with van der Waals surface area (Å²) in [6.45, 7) is -1.16. The fourth-order valence-electron chi connectivity index (χ4n) is 2.72. The summed E-state index contributed by atoms with van der Waals surface area (Å²) in [5.41, 5.74) is 0.694. The van der Waals surface area contributed by atoms with E-state index < -0.39 is 37.0 Å². The van der Waals surface area contributed by atoms with Crippen molar-refractivity contribution < 1.29 is 28.2 Å². The van der Waals surface area contributed by atoms with Gasteiger partial charge in [-0.25, -0.2) is 4.39 Å². The number of ether oxygens (including phenoxy) is 2. The van der Waals surface area contributed by atoms with Crippen LogP contribution in [0.3, 0.4) is 0 Å². The van der Waals surface area contributed by atoms with Crippen molar-refractivity contribution in [2.24, 2.45) is 0 Å². The van der Waals surface area contributed by atoms with Crippen molar-refractivity contribution in [1.29, 1.82) is 0 Å². The van der Waals surface area contributed by atoms with Gasteiger partial charge in [-0.15, -0.1) is 11.3 Å². The van der Waals surface area contributed by atoms with Crippen LogP contribution in [-0.2, 0) is 19.1 Å². The first-order valence-electron chi connectivity index (χ1n) is 9.69. The molecule has 1 aromatic heterocycles. The van der Waals surface area contributed by atoms with Crippen LogP contribution in [0.15, 0.2) is 72.1 Å². The zero-order valence-corrected chi connectivity index (χ0v) is 17.8. The first-order chi connectivity index (χ1) is 15.5. The Hall–Kier alpha value is -3.72. The van der Waals surface area contributed by atoms with Crippen molar-refractivity contribution in [3.8, 4) is 5.75 Å². The lowest BCUT2D eigenvalue weighted by Crippen LogP contribution is -2.36. The van der Waals surface area contributed by atoms with Gasteiger partial charge in [0.15, 0.2) is 13.2 Å². The number of nitrogens with one attached hydrogen (secondary N) is 2. The van der Waals surface area contributed by atoms with E-state index in [-0.39, 0.29) is 12.4 Å². The number of esters is 1. The molecule has 0 saturated carbocycles. The zero-order valence-electron chi connectivity index (χ0n) is 17.0. The smallest absolute Gasteiger partial charge is 0.325 e. The Bertz CT molecular complexity index is 1030. The third kappa shape index (κ3) is 7.21. The second kappa shape index (κ2) is 11.6. The molecule has 2 amide bonds. The van der Waals surface area contributed by atoms with E-state index in [0.29, 0.717) is 11.3 Å². The molecule has 1 atom stereocenters. The second-order valence-corrected chi connectivity index (χ2v) is 7.59. The van der Waals surface area contributed by atoms with Gasteiger partial charge in [-0.1, -0.05) is 36.4 Å². The van der Waals surface area contributed by atoms with E-state index in [1.54, 1.807) is 36.4 Å². The van der Waals surface area contributed by atoms with Crippen LogP contribution in [0.5, 0.6) is 5.75 Å². The maximum Gasteiger partial charge on any atom is 0.325 e. The second-order valence-electron chi connectivity index (χ2n) is 6.61. The van der Waals surface area contributed by atoms with Gasteiger partial charge in [-0.2, -0.15) is 0 Å². The highest BCUT2D eigenvalue weighted by atomic mass is 32.1. The van der Waals surface area contributed by atoms with E-state index in [9.17, 15) is 18.8 Å². The predicted octanol–water partition coefficient (Wildman–Crippen LogP) is 2.83. The fourth-order valence-corrected chi connectivity index (χ4v) is 3.52. The van der Waals surface area contributed by atoms with Gasteiger partial charge < -0.3 is 20.1 Å². The topological polar surface area (TPSA) is 93.7 Å². The summed E-state index contributed by atoms with van der Waals surface area (Å²) in [6.07, 6.45) is 0. The predicted molar refractivity (Wildman–Crippen MR) is 117 cm³/mol. The minimum absolute atomic E-state index is 0.252. The van der Waals surface area contributed by atoms with Crippen molar-refractivity contribution in [3.63, 3.8) is 0 Å². The Morgan fingerprint density at radius 3 is 2.34 bits per heavy atom. The number of benzene rings is 2. The SMILES string of the molecule is O=C(COc1ccccc1)NCC(=O)OCC(=O)NC(c1ccc(F)cc1)c1cccs1. The van der Waals surface area contributed by atoms with Crippen molar-refractivity contribution in [2.75, 3.05) is 19.8 Å². The molecule has 32 heavy (non-hydrogen) atoms. The normalized spacial score (nSPS) is 11.3. The Kier molecular flexibility index (Phi) is 8.33. The van der Waals surface area contributed by atoms with E-state index in [0.717, 1.165) is 4.88 Å². The molecule has 0 aliphatic rings. The number of hydrogen-bond acceptors (Lipinski definition) is 6. The molecular weight excluding hydrogens is 435 g/mol. The number of para-hydroxylation sites is 1. The largest absolute Gasteiger partial charge is 0.484 e. The van der Waals surface area contributed by atoms with E-state index in [4.69, 9.17) is 9.47 Å². The third-order valence-electron chi connectivity index (χ3n) is 4.24. The molecule has 0 radical (unpaired) electrons. The quantitative estimate of drug-likeness (QED) is 0.458. The van der Waals surface area contributed by atoms with E-state index in [2.05, 4.69) is 10.6 Å². The molecule has 0 spiro atoms. The summed E-state index contributed by atoms with van der Waals surface area (Å²) in [7, 11) is 0. The van der Waals surface area contributed by atoms with E-state index in [1.807, 2.05) is 23.6 Å². The third-order valence-corrected chi connectivity index (χ3v) is 5.18. The summed E-state index contributed by atoms with van der Waals surface area (Å²) in [5, 5.41) is 7.01. The molecular formula is C23H21FN2O5S. The number of halogens is 1. The Balaban J connectivity index is 1.43. The fraction of sp³-hybridized carbons (Fsp3) is 0.174. The maximum absolute atomic E-state index is 13.2. The van der Waals surface area contributed by atoms with Crippen LogP contribution in [0.25, 0.3) is 0 Å². The average Bonchev–Trinajstić information content (AvgIpc) is 3.34. The highest BCUT2D eigenvalue weighted by Crippen LogP contribution is 2.26. The molecule has 0 bridgehead atoms. The summed E-state index contributed by atoms with van der Waals surface area (Å²) in [6, 6.07) is 17.7. The molecule has 1 unspecified atom stereocenters. The number of rotatable bonds is 10. The van der Waals surface area contributed by atoms with Crippen LogP contribution in [-0.4, -0.2) is 37.5 Å². The molecule has 0 fully saturated rings. The lowest BCUT2D eigenvalue weighted by molar-refractivity contribution is -0.148. The minimum Gasteiger partial charge on any atom is -0.484 e. The summed E-state index contributed by atoms with van der Waals surface area (Å²) in [5.74, 6) is -1.63. The van der Waals surface area contributed by atoms with Crippen LogP contribution in [0.2, 0.25) is 0 Å². The van der Waals surface area contributed by atoms with Gasteiger partial charge in [-0.05, 0) is 41.3 Å². The Morgan fingerprint density at radius 1 is 0.906 bits per heavy atom. The molecule has 3 aromatic rings. The molecule has 9 heteroatoms. The number of thiophene rings is 1. The van der Waals surface area contributed by atoms with E-state index >= 15 is 0 Å². The number of carbonyl (C=O) groups is 3. The van der Waals surface area contributed by atoms with Crippen LogP contribution in [0, 0.1) is 5.82 Å². The lowest BCUT2D eigenvalue weighted by atomic mass is 10.1. The molecule has 1 heterocycles. The molecule has 2 N–H and O–H groups in total. The van der Waals surface area contributed by atoms with Crippen LogP contribution in [0.4, 0.5) is 4.39 Å². The highest BCUT2D eigenvalue weighted by molar-refractivity contribution is 7.10. The molecule has 2 aromatic carbocycles.